The molecule has 0 atom stereocenters. The fourth-order valence-electron chi connectivity index (χ4n) is 2.40. The zero-order chi connectivity index (χ0) is 16.1. The van der Waals surface area contributed by atoms with Crippen LogP contribution in [0.3, 0.4) is 0 Å². The number of esters is 1. The molecule has 0 aliphatic carbocycles. The summed E-state index contributed by atoms with van der Waals surface area (Å²) in [4.78, 5) is 12.5. The quantitative estimate of drug-likeness (QED) is 0.646. The number of carbonyl (C=O) groups is 1. The van der Waals surface area contributed by atoms with Gasteiger partial charge in [-0.05, 0) is 35.7 Å². The Bertz CT molecular complexity index is 722. The average Bonchev–Trinajstić information content (AvgIpc) is 2.61. The first-order valence-corrected chi connectivity index (χ1v) is 7.47. The summed E-state index contributed by atoms with van der Waals surface area (Å²) in [7, 11) is 0. The summed E-state index contributed by atoms with van der Waals surface area (Å²) < 4.78 is 5.79. The van der Waals surface area contributed by atoms with Crippen molar-refractivity contribution >= 4 is 5.97 Å². The lowest BCUT2D eigenvalue weighted by Gasteiger charge is -2.19. The van der Waals surface area contributed by atoms with Crippen molar-refractivity contribution in [2.45, 2.75) is 6.10 Å². The van der Waals surface area contributed by atoms with E-state index >= 15 is 0 Å². The van der Waals surface area contributed by atoms with Crippen LogP contribution in [0, 0.1) is 6.92 Å². The van der Waals surface area contributed by atoms with E-state index < -0.39 is 6.10 Å². The molecule has 3 aromatic rings. The molecule has 0 saturated carbocycles. The van der Waals surface area contributed by atoms with Crippen LogP contribution >= 0.6 is 0 Å². The van der Waals surface area contributed by atoms with E-state index in [1.807, 2.05) is 60.7 Å². The molecule has 0 saturated heterocycles. The van der Waals surface area contributed by atoms with E-state index in [-0.39, 0.29) is 5.97 Å². The molecule has 3 rings (SSSR count). The average molecular weight is 301 g/mol. The molecule has 0 spiro atoms. The second-order valence-electron chi connectivity index (χ2n) is 5.30. The van der Waals surface area contributed by atoms with Gasteiger partial charge >= 0.3 is 5.97 Å². The first-order chi connectivity index (χ1) is 11.2. The third-order valence-corrected chi connectivity index (χ3v) is 3.62. The van der Waals surface area contributed by atoms with Gasteiger partial charge in [0.1, 0.15) is 0 Å². The Hall–Kier alpha value is -2.87. The monoisotopic (exact) mass is 301 g/mol. The minimum Gasteiger partial charge on any atom is -0.449 e. The summed E-state index contributed by atoms with van der Waals surface area (Å²) in [5.41, 5.74) is 3.28. The molecular formula is C21H17O2. The number of rotatable bonds is 4. The molecule has 2 heteroatoms. The van der Waals surface area contributed by atoms with Gasteiger partial charge in [-0.25, -0.2) is 4.79 Å². The first-order valence-electron chi connectivity index (χ1n) is 7.47. The maximum atomic E-state index is 12.5. The SMILES string of the molecule is [CH2]c1ccc(C(=O)OC(c2ccccc2)c2ccccc2)cc1. The van der Waals surface area contributed by atoms with Crippen LogP contribution in [0.2, 0.25) is 0 Å². The van der Waals surface area contributed by atoms with Crippen molar-refractivity contribution in [2.24, 2.45) is 0 Å². The van der Waals surface area contributed by atoms with E-state index in [1.165, 1.54) is 0 Å². The minimum atomic E-state index is -0.427. The highest BCUT2D eigenvalue weighted by Crippen LogP contribution is 2.27. The maximum absolute atomic E-state index is 12.5. The third-order valence-electron chi connectivity index (χ3n) is 3.62. The molecule has 0 bridgehead atoms. The fourth-order valence-corrected chi connectivity index (χ4v) is 2.40. The molecule has 0 aliphatic rings. The van der Waals surface area contributed by atoms with Crippen molar-refractivity contribution < 1.29 is 9.53 Å². The van der Waals surface area contributed by atoms with Crippen molar-refractivity contribution in [3.8, 4) is 0 Å². The van der Waals surface area contributed by atoms with E-state index in [1.54, 1.807) is 24.3 Å². The van der Waals surface area contributed by atoms with Crippen molar-refractivity contribution in [1.29, 1.82) is 0 Å². The largest absolute Gasteiger partial charge is 0.449 e. The van der Waals surface area contributed by atoms with E-state index in [2.05, 4.69) is 6.92 Å². The lowest BCUT2D eigenvalue weighted by molar-refractivity contribution is 0.0378. The van der Waals surface area contributed by atoms with E-state index in [4.69, 9.17) is 4.74 Å². The zero-order valence-corrected chi connectivity index (χ0v) is 12.7. The van der Waals surface area contributed by atoms with Gasteiger partial charge in [0.2, 0.25) is 0 Å². The number of benzene rings is 3. The van der Waals surface area contributed by atoms with Crippen LogP contribution in [0.25, 0.3) is 0 Å². The van der Waals surface area contributed by atoms with Gasteiger partial charge < -0.3 is 4.74 Å². The summed E-state index contributed by atoms with van der Waals surface area (Å²) in [5, 5.41) is 0. The minimum absolute atomic E-state index is 0.345. The molecule has 0 amide bonds. The highest BCUT2D eigenvalue weighted by molar-refractivity contribution is 5.89. The maximum Gasteiger partial charge on any atom is 0.339 e. The molecule has 0 aromatic heterocycles. The molecule has 23 heavy (non-hydrogen) atoms. The van der Waals surface area contributed by atoms with E-state index in [9.17, 15) is 4.79 Å². The number of carbonyl (C=O) groups excluding carboxylic acids is 1. The smallest absolute Gasteiger partial charge is 0.339 e. The normalized spacial score (nSPS) is 10.5. The lowest BCUT2D eigenvalue weighted by atomic mass is 10.0. The number of ether oxygens (including phenoxy) is 1. The van der Waals surface area contributed by atoms with Crippen molar-refractivity contribution in [1.82, 2.24) is 0 Å². The second kappa shape index (κ2) is 6.93. The molecule has 3 aromatic carbocycles. The van der Waals surface area contributed by atoms with Crippen LogP contribution in [0.4, 0.5) is 0 Å². The molecule has 0 N–H and O–H groups in total. The van der Waals surface area contributed by atoms with Crippen LogP contribution in [0.1, 0.15) is 33.2 Å². The predicted octanol–water partition coefficient (Wildman–Crippen LogP) is 4.82. The lowest BCUT2D eigenvalue weighted by Crippen LogP contribution is -2.13. The molecule has 0 fully saturated rings. The van der Waals surface area contributed by atoms with Crippen molar-refractivity contribution in [2.75, 3.05) is 0 Å². The summed E-state index contributed by atoms with van der Waals surface area (Å²) >= 11 is 0. The highest BCUT2D eigenvalue weighted by atomic mass is 16.5. The number of hydrogen-bond donors (Lipinski definition) is 0. The van der Waals surface area contributed by atoms with Crippen LogP contribution in [0.5, 0.6) is 0 Å². The van der Waals surface area contributed by atoms with Gasteiger partial charge in [0, 0.05) is 0 Å². The Morgan fingerprint density at radius 3 is 1.70 bits per heavy atom. The first kappa shape index (κ1) is 15.0. The molecule has 1 radical (unpaired) electrons. The van der Waals surface area contributed by atoms with Crippen molar-refractivity contribution in [3.63, 3.8) is 0 Å². The van der Waals surface area contributed by atoms with Gasteiger partial charge in [0.05, 0.1) is 5.56 Å². The summed E-state index contributed by atoms with van der Waals surface area (Å²) in [6, 6.07) is 26.6. The molecular weight excluding hydrogens is 284 g/mol. The highest BCUT2D eigenvalue weighted by Gasteiger charge is 2.19. The summed E-state index contributed by atoms with van der Waals surface area (Å²) in [5.74, 6) is -0.345. The fraction of sp³-hybridized carbons (Fsp3) is 0.0476. The topological polar surface area (TPSA) is 26.3 Å². The van der Waals surface area contributed by atoms with Crippen LogP contribution < -0.4 is 0 Å². The summed E-state index contributed by atoms with van der Waals surface area (Å²) in [6.07, 6.45) is -0.427. The number of hydrogen-bond acceptors (Lipinski definition) is 2. The third kappa shape index (κ3) is 3.67. The zero-order valence-electron chi connectivity index (χ0n) is 12.7. The predicted molar refractivity (Wildman–Crippen MR) is 91.0 cm³/mol. The van der Waals surface area contributed by atoms with Gasteiger partial charge in [-0.2, -0.15) is 0 Å². The Morgan fingerprint density at radius 1 is 0.739 bits per heavy atom. The van der Waals surface area contributed by atoms with Gasteiger partial charge in [-0.3, -0.25) is 0 Å². The summed E-state index contributed by atoms with van der Waals surface area (Å²) in [6.45, 7) is 3.82. The standard InChI is InChI=1S/C21H17O2/c1-16-12-14-19(15-13-16)21(22)23-20(17-8-4-2-5-9-17)18-10-6-3-7-11-18/h2-15,20H,1H2. The molecule has 0 unspecified atom stereocenters. The second-order valence-corrected chi connectivity index (χ2v) is 5.30. The van der Waals surface area contributed by atoms with Gasteiger partial charge in [-0.15, -0.1) is 0 Å². The Labute approximate surface area is 136 Å². The van der Waals surface area contributed by atoms with Crippen LogP contribution in [-0.4, -0.2) is 5.97 Å². The van der Waals surface area contributed by atoms with Crippen molar-refractivity contribution in [3.05, 3.63) is 114 Å². The van der Waals surface area contributed by atoms with E-state index in [0.717, 1.165) is 16.7 Å². The Morgan fingerprint density at radius 2 is 1.22 bits per heavy atom. The molecule has 2 nitrogen and oxygen atoms in total. The van der Waals surface area contributed by atoms with Crippen LogP contribution in [0.15, 0.2) is 84.9 Å². The van der Waals surface area contributed by atoms with Gasteiger partial charge in [-0.1, -0.05) is 72.8 Å². The van der Waals surface area contributed by atoms with E-state index in [0.29, 0.717) is 5.56 Å². The van der Waals surface area contributed by atoms with Gasteiger partial charge in [0.25, 0.3) is 0 Å². The Balaban J connectivity index is 1.90. The molecule has 0 heterocycles. The molecule has 0 aliphatic heterocycles. The van der Waals surface area contributed by atoms with Gasteiger partial charge in [0.15, 0.2) is 6.10 Å². The Kier molecular flexibility index (Phi) is 4.53. The molecule has 113 valence electrons. The van der Waals surface area contributed by atoms with Crippen LogP contribution in [-0.2, 0) is 4.74 Å².